The number of aromatic nitrogens is 2. The number of nitrogens with one attached hydrogen (secondary N) is 2. The third kappa shape index (κ3) is 4.64. The molecule has 0 aliphatic rings. The summed E-state index contributed by atoms with van der Waals surface area (Å²) in [5.74, 6) is -1.71. The number of imide groups is 1. The maximum atomic E-state index is 11.3. The summed E-state index contributed by atoms with van der Waals surface area (Å²) in [7, 11) is 1.73. The number of nitrogens with zero attached hydrogens (tertiary/aromatic N) is 2. The first-order valence-electron chi connectivity index (χ1n) is 5.25. The van der Waals surface area contributed by atoms with E-state index < -0.39 is 17.9 Å². The van der Waals surface area contributed by atoms with Gasteiger partial charge in [0, 0.05) is 19.7 Å². The highest BCUT2D eigenvalue weighted by molar-refractivity contribution is 5.95. The molecule has 1 aromatic heterocycles. The average Bonchev–Trinajstić information content (AvgIpc) is 2.69. The van der Waals surface area contributed by atoms with Crippen molar-refractivity contribution in [2.75, 3.05) is 0 Å². The fraction of sp³-hybridized carbons (Fsp3) is 0.400. The fourth-order valence-corrected chi connectivity index (χ4v) is 1.20. The number of aryl methyl sites for hydroxylation is 1. The van der Waals surface area contributed by atoms with Crippen LogP contribution in [-0.4, -0.2) is 32.8 Å². The normalized spacial score (nSPS) is 9.83. The van der Waals surface area contributed by atoms with E-state index in [9.17, 15) is 14.4 Å². The van der Waals surface area contributed by atoms with Crippen molar-refractivity contribution in [3.63, 3.8) is 0 Å². The van der Waals surface area contributed by atoms with Crippen LogP contribution in [0.15, 0.2) is 12.3 Å². The van der Waals surface area contributed by atoms with E-state index in [-0.39, 0.29) is 19.4 Å². The number of carboxylic acids is 1. The summed E-state index contributed by atoms with van der Waals surface area (Å²) in [6.45, 7) is 0.231. The van der Waals surface area contributed by atoms with Crippen LogP contribution in [0.2, 0.25) is 0 Å². The summed E-state index contributed by atoms with van der Waals surface area (Å²) < 4.78 is 1.59. The Hall–Kier alpha value is -2.38. The molecule has 18 heavy (non-hydrogen) atoms. The van der Waals surface area contributed by atoms with Crippen molar-refractivity contribution < 1.29 is 19.5 Å². The van der Waals surface area contributed by atoms with Gasteiger partial charge in [0.25, 0.3) is 0 Å². The lowest BCUT2D eigenvalue weighted by molar-refractivity contribution is -0.138. The predicted octanol–water partition coefficient (Wildman–Crippen LogP) is -0.389. The number of carboxylic acid groups (broad SMARTS) is 1. The molecule has 0 radical (unpaired) electrons. The van der Waals surface area contributed by atoms with Crippen molar-refractivity contribution in [1.82, 2.24) is 20.4 Å². The number of aliphatic carboxylic acids is 1. The van der Waals surface area contributed by atoms with Crippen LogP contribution >= 0.6 is 0 Å². The minimum atomic E-state index is -1.08. The molecule has 0 aliphatic carbocycles. The van der Waals surface area contributed by atoms with Crippen LogP contribution in [0.3, 0.4) is 0 Å². The van der Waals surface area contributed by atoms with Gasteiger partial charge in [0.2, 0.25) is 5.91 Å². The zero-order valence-corrected chi connectivity index (χ0v) is 9.84. The summed E-state index contributed by atoms with van der Waals surface area (Å²) in [5.41, 5.74) is 0.781. The van der Waals surface area contributed by atoms with Gasteiger partial charge in [0.15, 0.2) is 0 Å². The Morgan fingerprint density at radius 2 is 2.11 bits per heavy atom. The van der Waals surface area contributed by atoms with E-state index in [2.05, 4.69) is 10.4 Å². The summed E-state index contributed by atoms with van der Waals surface area (Å²) in [5, 5.41) is 16.8. The van der Waals surface area contributed by atoms with E-state index in [4.69, 9.17) is 5.11 Å². The number of hydrogen-bond acceptors (Lipinski definition) is 4. The van der Waals surface area contributed by atoms with Crippen LogP contribution < -0.4 is 10.6 Å². The van der Waals surface area contributed by atoms with Crippen LogP contribution in [-0.2, 0) is 23.2 Å². The first kappa shape index (κ1) is 13.7. The first-order chi connectivity index (χ1) is 8.49. The van der Waals surface area contributed by atoms with Gasteiger partial charge in [-0.05, 0) is 6.07 Å². The minimum Gasteiger partial charge on any atom is -0.481 e. The van der Waals surface area contributed by atoms with Gasteiger partial charge < -0.3 is 10.4 Å². The van der Waals surface area contributed by atoms with E-state index in [0.717, 1.165) is 5.69 Å². The molecule has 1 aromatic rings. The Balaban J connectivity index is 2.27. The number of amides is 3. The van der Waals surface area contributed by atoms with Crippen molar-refractivity contribution in [3.05, 3.63) is 18.0 Å². The maximum Gasteiger partial charge on any atom is 0.321 e. The second-order valence-electron chi connectivity index (χ2n) is 3.57. The summed E-state index contributed by atoms with van der Waals surface area (Å²) in [4.78, 5) is 32.6. The summed E-state index contributed by atoms with van der Waals surface area (Å²) >= 11 is 0. The Kier molecular flexibility index (Phi) is 4.85. The lowest BCUT2D eigenvalue weighted by Crippen LogP contribution is -2.39. The zero-order chi connectivity index (χ0) is 13.5. The van der Waals surface area contributed by atoms with Crippen molar-refractivity contribution in [1.29, 1.82) is 0 Å². The van der Waals surface area contributed by atoms with E-state index in [1.165, 1.54) is 0 Å². The van der Waals surface area contributed by atoms with Crippen molar-refractivity contribution >= 4 is 17.9 Å². The highest BCUT2D eigenvalue weighted by Crippen LogP contribution is 1.94. The quantitative estimate of drug-likeness (QED) is 0.662. The topological polar surface area (TPSA) is 113 Å². The molecule has 1 heterocycles. The molecule has 8 nitrogen and oxygen atoms in total. The highest BCUT2D eigenvalue weighted by Gasteiger charge is 2.09. The van der Waals surface area contributed by atoms with Gasteiger partial charge in [0.1, 0.15) is 0 Å². The molecule has 3 N–H and O–H groups in total. The maximum absolute atomic E-state index is 11.3. The molecule has 1 rings (SSSR count). The largest absolute Gasteiger partial charge is 0.481 e. The molecule has 0 bridgehead atoms. The van der Waals surface area contributed by atoms with Crippen LogP contribution in [0.5, 0.6) is 0 Å². The standard InChI is InChI=1S/C10H14N4O4/c1-14-7(4-5-12-14)6-11-10(18)13-8(15)2-3-9(16)17/h4-5H,2-3,6H2,1H3,(H,16,17)(H2,11,13,15,18). The molecule has 0 aromatic carbocycles. The van der Waals surface area contributed by atoms with E-state index >= 15 is 0 Å². The van der Waals surface area contributed by atoms with Crippen LogP contribution in [0, 0.1) is 0 Å². The summed E-state index contributed by atoms with van der Waals surface area (Å²) in [6, 6.07) is 1.07. The number of rotatable bonds is 5. The SMILES string of the molecule is Cn1nccc1CNC(=O)NC(=O)CCC(=O)O. The zero-order valence-electron chi connectivity index (χ0n) is 9.84. The van der Waals surface area contributed by atoms with Gasteiger partial charge in [-0.1, -0.05) is 0 Å². The Bertz CT molecular complexity index is 454. The summed E-state index contributed by atoms with van der Waals surface area (Å²) in [6.07, 6.45) is 1.06. The van der Waals surface area contributed by atoms with Crippen molar-refractivity contribution in [2.24, 2.45) is 7.05 Å². The lowest BCUT2D eigenvalue weighted by atomic mass is 10.3. The van der Waals surface area contributed by atoms with E-state index in [0.29, 0.717) is 0 Å². The molecule has 0 aliphatic heterocycles. The second kappa shape index (κ2) is 6.38. The number of carbonyl (C=O) groups is 3. The van der Waals surface area contributed by atoms with Gasteiger partial charge in [-0.25, -0.2) is 4.79 Å². The Labute approximate surface area is 103 Å². The van der Waals surface area contributed by atoms with Crippen molar-refractivity contribution in [2.45, 2.75) is 19.4 Å². The van der Waals surface area contributed by atoms with Gasteiger partial charge in [-0.3, -0.25) is 19.6 Å². The van der Waals surface area contributed by atoms with Crippen molar-refractivity contribution in [3.8, 4) is 0 Å². The van der Waals surface area contributed by atoms with Gasteiger partial charge in [-0.15, -0.1) is 0 Å². The molecule has 0 saturated heterocycles. The molecule has 8 heteroatoms. The second-order valence-corrected chi connectivity index (χ2v) is 3.57. The molecular weight excluding hydrogens is 240 g/mol. The van der Waals surface area contributed by atoms with E-state index in [1.54, 1.807) is 24.0 Å². The number of carbonyl (C=O) groups excluding carboxylic acids is 2. The molecule has 3 amide bonds. The molecule has 0 saturated carbocycles. The monoisotopic (exact) mass is 254 g/mol. The van der Waals surface area contributed by atoms with E-state index in [1.807, 2.05) is 5.32 Å². The van der Waals surface area contributed by atoms with Gasteiger partial charge in [0.05, 0.1) is 18.7 Å². The Morgan fingerprint density at radius 1 is 1.39 bits per heavy atom. The molecule has 0 unspecified atom stereocenters. The molecule has 0 atom stereocenters. The first-order valence-corrected chi connectivity index (χ1v) is 5.25. The number of urea groups is 1. The predicted molar refractivity (Wildman–Crippen MR) is 60.5 cm³/mol. The molecule has 0 fully saturated rings. The smallest absolute Gasteiger partial charge is 0.321 e. The highest BCUT2D eigenvalue weighted by atomic mass is 16.4. The minimum absolute atomic E-state index is 0.228. The van der Waals surface area contributed by atoms with Gasteiger partial charge >= 0.3 is 12.0 Å². The van der Waals surface area contributed by atoms with Crippen LogP contribution in [0.1, 0.15) is 18.5 Å². The van der Waals surface area contributed by atoms with Crippen LogP contribution in [0.4, 0.5) is 4.79 Å². The number of hydrogen-bond donors (Lipinski definition) is 3. The third-order valence-corrected chi connectivity index (χ3v) is 2.17. The average molecular weight is 254 g/mol. The Morgan fingerprint density at radius 3 is 2.67 bits per heavy atom. The lowest BCUT2D eigenvalue weighted by Gasteiger charge is -2.06. The fourth-order valence-electron chi connectivity index (χ4n) is 1.20. The molecular formula is C10H14N4O4. The molecule has 0 spiro atoms. The van der Waals surface area contributed by atoms with Crippen LogP contribution in [0.25, 0.3) is 0 Å². The molecule has 98 valence electrons. The third-order valence-electron chi connectivity index (χ3n) is 2.17. The van der Waals surface area contributed by atoms with Gasteiger partial charge in [-0.2, -0.15) is 5.10 Å².